The molecule has 0 aromatic heterocycles. The average molecular weight is 364 g/mol. The molecule has 1 atom stereocenters. The van der Waals surface area contributed by atoms with Crippen molar-refractivity contribution in [3.63, 3.8) is 0 Å². The zero-order valence-corrected chi connectivity index (χ0v) is 15.6. The summed E-state index contributed by atoms with van der Waals surface area (Å²) in [7, 11) is 0. The van der Waals surface area contributed by atoms with E-state index in [0.29, 0.717) is 36.3 Å². The largest absolute Gasteiger partial charge is 0.490 e. The smallest absolute Gasteiger partial charge is 0.180 e. The summed E-state index contributed by atoms with van der Waals surface area (Å²) in [5.41, 5.74) is 2.06. The van der Waals surface area contributed by atoms with Crippen molar-refractivity contribution in [2.45, 2.75) is 39.5 Å². The summed E-state index contributed by atoms with van der Waals surface area (Å²) in [5, 5.41) is 13.1. The molecule has 0 bridgehead atoms. The minimum Gasteiger partial charge on any atom is -0.490 e. The molecule has 4 nitrogen and oxygen atoms in total. The highest BCUT2D eigenvalue weighted by atomic mass is 35.5. The summed E-state index contributed by atoms with van der Waals surface area (Å²) in [4.78, 5) is 0. The van der Waals surface area contributed by atoms with Gasteiger partial charge in [0.15, 0.2) is 11.5 Å². The molecule has 0 saturated carbocycles. The third-order valence-corrected chi connectivity index (χ3v) is 4.18. The molecule has 0 saturated heterocycles. The average Bonchev–Trinajstić information content (AvgIpc) is 2.63. The summed E-state index contributed by atoms with van der Waals surface area (Å²) in [6, 6.07) is 13.8. The zero-order valence-electron chi connectivity index (χ0n) is 14.8. The van der Waals surface area contributed by atoms with Crippen LogP contribution in [0.2, 0.25) is 5.02 Å². The Balaban J connectivity index is 2.13. The Bertz CT molecular complexity index is 645. The number of nitrogens with one attached hydrogen (secondary N) is 1. The van der Waals surface area contributed by atoms with E-state index in [2.05, 4.69) is 5.32 Å². The van der Waals surface area contributed by atoms with Crippen molar-refractivity contribution in [2.24, 2.45) is 0 Å². The monoisotopic (exact) mass is 363 g/mol. The van der Waals surface area contributed by atoms with Crippen LogP contribution in [-0.2, 0) is 13.2 Å². The van der Waals surface area contributed by atoms with E-state index in [0.717, 1.165) is 17.5 Å². The van der Waals surface area contributed by atoms with E-state index in [1.807, 2.05) is 56.3 Å². The normalized spacial score (nSPS) is 12.0. The van der Waals surface area contributed by atoms with E-state index in [4.69, 9.17) is 21.1 Å². The van der Waals surface area contributed by atoms with E-state index >= 15 is 0 Å². The second-order valence-corrected chi connectivity index (χ2v) is 6.19. The van der Waals surface area contributed by atoms with Crippen LogP contribution in [0.25, 0.3) is 0 Å². The van der Waals surface area contributed by atoms with Crippen molar-refractivity contribution >= 4 is 11.6 Å². The minimum atomic E-state index is 0.0725. The predicted octanol–water partition coefficient (Wildman–Crippen LogP) is 4.18. The number of benzene rings is 2. The van der Waals surface area contributed by atoms with E-state index in [1.54, 1.807) is 0 Å². The first-order chi connectivity index (χ1) is 12.2. The number of halogens is 1. The van der Waals surface area contributed by atoms with Crippen LogP contribution in [-0.4, -0.2) is 24.4 Å². The first-order valence-electron chi connectivity index (χ1n) is 8.64. The molecule has 0 radical (unpaired) electrons. The molecule has 5 heteroatoms. The lowest BCUT2D eigenvalue weighted by Crippen LogP contribution is -2.31. The SMILES string of the molecule is CCOc1cc(CN[C@H](CC)CO)cc(Cl)c1OCc1ccccc1. The molecule has 0 spiro atoms. The topological polar surface area (TPSA) is 50.7 Å². The molecule has 0 aliphatic rings. The molecule has 0 heterocycles. The molecule has 0 fully saturated rings. The van der Waals surface area contributed by atoms with Gasteiger partial charge in [0.05, 0.1) is 18.2 Å². The maximum absolute atomic E-state index is 9.29. The predicted molar refractivity (Wildman–Crippen MR) is 101 cm³/mol. The second kappa shape index (κ2) is 10.3. The highest BCUT2D eigenvalue weighted by Crippen LogP contribution is 2.37. The first kappa shape index (κ1) is 19.6. The Labute approximate surface area is 154 Å². The molecule has 2 aromatic carbocycles. The fraction of sp³-hybridized carbons (Fsp3) is 0.400. The molecular weight excluding hydrogens is 338 g/mol. The Morgan fingerprint density at radius 3 is 2.48 bits per heavy atom. The minimum absolute atomic E-state index is 0.0725. The van der Waals surface area contributed by atoms with Crippen LogP contribution >= 0.6 is 11.6 Å². The van der Waals surface area contributed by atoms with Gasteiger partial charge in [-0.25, -0.2) is 0 Å². The molecule has 25 heavy (non-hydrogen) atoms. The number of hydrogen-bond acceptors (Lipinski definition) is 4. The highest BCUT2D eigenvalue weighted by Gasteiger charge is 2.14. The summed E-state index contributed by atoms with van der Waals surface area (Å²) in [6.07, 6.45) is 0.862. The molecule has 0 unspecified atom stereocenters. The Kier molecular flexibility index (Phi) is 8.06. The first-order valence-corrected chi connectivity index (χ1v) is 9.01. The zero-order chi connectivity index (χ0) is 18.1. The lowest BCUT2D eigenvalue weighted by Gasteiger charge is -2.17. The Hall–Kier alpha value is -1.75. The third-order valence-electron chi connectivity index (χ3n) is 3.90. The van der Waals surface area contributed by atoms with Gasteiger partial charge in [0.25, 0.3) is 0 Å². The van der Waals surface area contributed by atoms with E-state index in [-0.39, 0.29) is 12.6 Å². The molecule has 2 aromatic rings. The van der Waals surface area contributed by atoms with Gasteiger partial charge in [0.2, 0.25) is 0 Å². The molecular formula is C20H26ClNO3. The van der Waals surface area contributed by atoms with Gasteiger partial charge in [0, 0.05) is 12.6 Å². The van der Waals surface area contributed by atoms with Gasteiger partial charge in [0.1, 0.15) is 6.61 Å². The summed E-state index contributed by atoms with van der Waals surface area (Å²) >= 11 is 6.44. The second-order valence-electron chi connectivity index (χ2n) is 5.78. The van der Waals surface area contributed by atoms with Gasteiger partial charge in [-0.1, -0.05) is 48.9 Å². The third kappa shape index (κ3) is 5.92. The molecule has 0 amide bonds. The standard InChI is InChI=1S/C20H26ClNO3/c1-3-17(13-23)22-12-16-10-18(21)20(19(11-16)24-4-2)25-14-15-8-6-5-7-9-15/h5-11,17,22-23H,3-4,12-14H2,1-2H3/t17-/m1/s1. The van der Waals surface area contributed by atoms with Crippen LogP contribution < -0.4 is 14.8 Å². The fourth-order valence-electron chi connectivity index (χ4n) is 2.46. The molecule has 2 N–H and O–H groups in total. The molecule has 136 valence electrons. The van der Waals surface area contributed by atoms with E-state index < -0.39 is 0 Å². The lowest BCUT2D eigenvalue weighted by molar-refractivity contribution is 0.238. The maximum atomic E-state index is 9.29. The maximum Gasteiger partial charge on any atom is 0.180 e. The van der Waals surface area contributed by atoms with Gasteiger partial charge < -0.3 is 19.9 Å². The molecule has 0 aliphatic carbocycles. The summed E-state index contributed by atoms with van der Waals surface area (Å²) < 4.78 is 11.6. The van der Waals surface area contributed by atoms with Gasteiger partial charge in [-0.05, 0) is 36.6 Å². The lowest BCUT2D eigenvalue weighted by atomic mass is 10.1. The van der Waals surface area contributed by atoms with Crippen LogP contribution in [0.3, 0.4) is 0 Å². The van der Waals surface area contributed by atoms with Crippen molar-refractivity contribution in [1.82, 2.24) is 5.32 Å². The quantitative estimate of drug-likeness (QED) is 0.665. The number of aliphatic hydroxyl groups excluding tert-OH is 1. The van der Waals surface area contributed by atoms with Gasteiger partial charge in [-0.3, -0.25) is 0 Å². The van der Waals surface area contributed by atoms with Gasteiger partial charge in [-0.2, -0.15) is 0 Å². The van der Waals surface area contributed by atoms with Crippen molar-refractivity contribution in [1.29, 1.82) is 0 Å². The van der Waals surface area contributed by atoms with Crippen molar-refractivity contribution in [3.8, 4) is 11.5 Å². The number of hydrogen-bond donors (Lipinski definition) is 2. The van der Waals surface area contributed by atoms with Crippen molar-refractivity contribution < 1.29 is 14.6 Å². The number of ether oxygens (including phenoxy) is 2. The van der Waals surface area contributed by atoms with Crippen molar-refractivity contribution in [3.05, 3.63) is 58.6 Å². The fourth-order valence-corrected chi connectivity index (χ4v) is 2.74. The molecule has 2 rings (SSSR count). The van der Waals surface area contributed by atoms with Crippen LogP contribution in [0.1, 0.15) is 31.4 Å². The van der Waals surface area contributed by atoms with Gasteiger partial charge >= 0.3 is 0 Å². The molecule has 0 aliphatic heterocycles. The Morgan fingerprint density at radius 2 is 1.84 bits per heavy atom. The number of rotatable bonds is 10. The van der Waals surface area contributed by atoms with Crippen LogP contribution in [0, 0.1) is 0 Å². The summed E-state index contributed by atoms with van der Waals surface area (Å²) in [6.45, 7) is 5.65. The highest BCUT2D eigenvalue weighted by molar-refractivity contribution is 6.32. The number of aliphatic hydroxyl groups is 1. The Morgan fingerprint density at radius 1 is 1.08 bits per heavy atom. The van der Waals surface area contributed by atoms with Crippen molar-refractivity contribution in [2.75, 3.05) is 13.2 Å². The van der Waals surface area contributed by atoms with E-state index in [9.17, 15) is 5.11 Å². The van der Waals surface area contributed by atoms with Gasteiger partial charge in [-0.15, -0.1) is 0 Å². The van der Waals surface area contributed by atoms with Crippen LogP contribution in [0.15, 0.2) is 42.5 Å². The summed E-state index contributed by atoms with van der Waals surface area (Å²) in [5.74, 6) is 1.20. The van der Waals surface area contributed by atoms with Crippen LogP contribution in [0.5, 0.6) is 11.5 Å². The van der Waals surface area contributed by atoms with Crippen LogP contribution in [0.4, 0.5) is 0 Å². The van der Waals surface area contributed by atoms with E-state index in [1.165, 1.54) is 0 Å².